The summed E-state index contributed by atoms with van der Waals surface area (Å²) >= 11 is 0. The normalized spacial score (nSPS) is 25.1. The van der Waals surface area contributed by atoms with E-state index in [4.69, 9.17) is 10.5 Å². The number of ether oxygens (including phenoxy) is 1. The quantitative estimate of drug-likeness (QED) is 0.748. The van der Waals surface area contributed by atoms with Crippen molar-refractivity contribution in [2.24, 2.45) is 5.73 Å². The molecule has 2 N–H and O–H groups in total. The maximum atomic E-state index is 11.6. The van der Waals surface area contributed by atoms with Gasteiger partial charge >= 0.3 is 5.97 Å². The summed E-state index contributed by atoms with van der Waals surface area (Å²) in [6, 6.07) is 9.25. The molecular formula is C12H15NO2. The highest BCUT2D eigenvalue weighted by molar-refractivity contribution is 5.89. The van der Waals surface area contributed by atoms with Crippen molar-refractivity contribution in [1.82, 2.24) is 0 Å². The van der Waals surface area contributed by atoms with Gasteiger partial charge in [0.05, 0.1) is 5.56 Å². The summed E-state index contributed by atoms with van der Waals surface area (Å²) in [7, 11) is 0. The van der Waals surface area contributed by atoms with Crippen LogP contribution in [0.5, 0.6) is 0 Å². The number of nitrogens with two attached hydrogens (primary N) is 1. The molecule has 0 spiro atoms. The minimum Gasteiger partial charge on any atom is -0.459 e. The molecule has 1 aromatic rings. The third-order valence-corrected chi connectivity index (χ3v) is 2.71. The van der Waals surface area contributed by atoms with Crippen LogP contribution in [-0.4, -0.2) is 18.1 Å². The summed E-state index contributed by atoms with van der Waals surface area (Å²) < 4.78 is 5.35. The summed E-state index contributed by atoms with van der Waals surface area (Å²) in [5.41, 5.74) is 6.36. The second-order valence-electron chi connectivity index (χ2n) is 3.97. The summed E-state index contributed by atoms with van der Waals surface area (Å²) in [5, 5.41) is 0. The third-order valence-electron chi connectivity index (χ3n) is 2.71. The first-order valence-electron chi connectivity index (χ1n) is 5.27. The minimum atomic E-state index is -0.241. The molecular weight excluding hydrogens is 190 g/mol. The average Bonchev–Trinajstić information content (AvgIpc) is 2.65. The molecule has 0 bridgehead atoms. The van der Waals surface area contributed by atoms with Gasteiger partial charge < -0.3 is 10.5 Å². The molecule has 0 saturated heterocycles. The highest BCUT2D eigenvalue weighted by Crippen LogP contribution is 2.21. The standard InChI is InChI=1S/C12H15NO2/c13-10-6-7-11(8-10)15-12(14)9-4-2-1-3-5-9/h1-5,10-11H,6-8,13H2/t10-,11+/m0/s1. The Bertz CT molecular complexity index is 337. The minimum absolute atomic E-state index is 0.00714. The largest absolute Gasteiger partial charge is 0.459 e. The lowest BCUT2D eigenvalue weighted by Crippen LogP contribution is -2.19. The van der Waals surface area contributed by atoms with E-state index in [0.29, 0.717) is 5.56 Å². The van der Waals surface area contributed by atoms with Crippen LogP contribution in [-0.2, 0) is 4.74 Å². The molecule has 0 radical (unpaired) electrons. The predicted molar refractivity (Wildman–Crippen MR) is 57.5 cm³/mol. The fourth-order valence-corrected chi connectivity index (χ4v) is 1.87. The van der Waals surface area contributed by atoms with Crippen LogP contribution in [0.3, 0.4) is 0 Å². The topological polar surface area (TPSA) is 52.3 Å². The maximum Gasteiger partial charge on any atom is 0.338 e. The van der Waals surface area contributed by atoms with E-state index in [1.165, 1.54) is 0 Å². The molecule has 1 saturated carbocycles. The van der Waals surface area contributed by atoms with Crippen molar-refractivity contribution in [2.45, 2.75) is 31.4 Å². The van der Waals surface area contributed by atoms with Gasteiger partial charge in [-0.3, -0.25) is 0 Å². The molecule has 0 amide bonds. The number of esters is 1. The number of hydrogen-bond donors (Lipinski definition) is 1. The van der Waals surface area contributed by atoms with E-state index < -0.39 is 0 Å². The van der Waals surface area contributed by atoms with Crippen LogP contribution in [0.15, 0.2) is 30.3 Å². The van der Waals surface area contributed by atoms with Gasteiger partial charge in [-0.2, -0.15) is 0 Å². The Hall–Kier alpha value is -1.35. The van der Waals surface area contributed by atoms with Crippen molar-refractivity contribution in [3.63, 3.8) is 0 Å². The number of hydrogen-bond acceptors (Lipinski definition) is 3. The molecule has 80 valence electrons. The summed E-state index contributed by atoms with van der Waals surface area (Å²) in [4.78, 5) is 11.6. The van der Waals surface area contributed by atoms with E-state index in [-0.39, 0.29) is 18.1 Å². The zero-order valence-electron chi connectivity index (χ0n) is 8.56. The Balaban J connectivity index is 1.93. The first kappa shape index (κ1) is 10.2. The van der Waals surface area contributed by atoms with Crippen LogP contribution in [0.4, 0.5) is 0 Å². The molecule has 1 aromatic carbocycles. The lowest BCUT2D eigenvalue weighted by molar-refractivity contribution is 0.0315. The molecule has 3 nitrogen and oxygen atoms in total. The second-order valence-corrected chi connectivity index (χ2v) is 3.97. The van der Waals surface area contributed by atoms with Gasteiger partial charge in [-0.15, -0.1) is 0 Å². The predicted octanol–water partition coefficient (Wildman–Crippen LogP) is 1.72. The molecule has 2 rings (SSSR count). The SMILES string of the molecule is N[C@H]1CC[C@@H](OC(=O)c2ccccc2)C1. The molecule has 1 fully saturated rings. The molecule has 0 aromatic heterocycles. The number of rotatable bonds is 2. The monoisotopic (exact) mass is 205 g/mol. The lowest BCUT2D eigenvalue weighted by atomic mass is 10.2. The van der Waals surface area contributed by atoms with Crippen LogP contribution in [0.25, 0.3) is 0 Å². The number of benzene rings is 1. The highest BCUT2D eigenvalue weighted by atomic mass is 16.5. The molecule has 0 aliphatic heterocycles. The molecule has 0 heterocycles. The highest BCUT2D eigenvalue weighted by Gasteiger charge is 2.25. The molecule has 0 unspecified atom stereocenters. The second kappa shape index (κ2) is 4.45. The number of carbonyl (C=O) groups is 1. The van der Waals surface area contributed by atoms with Crippen LogP contribution in [0, 0.1) is 0 Å². The van der Waals surface area contributed by atoms with Gasteiger partial charge in [0.25, 0.3) is 0 Å². The molecule has 2 atom stereocenters. The van der Waals surface area contributed by atoms with Crippen LogP contribution < -0.4 is 5.73 Å². The summed E-state index contributed by atoms with van der Waals surface area (Å²) in [6.07, 6.45) is 2.64. The first-order valence-corrected chi connectivity index (χ1v) is 5.27. The fraction of sp³-hybridized carbons (Fsp3) is 0.417. The van der Waals surface area contributed by atoms with Crippen molar-refractivity contribution in [3.05, 3.63) is 35.9 Å². The molecule has 1 aliphatic carbocycles. The molecule has 3 heteroatoms. The lowest BCUT2D eigenvalue weighted by Gasteiger charge is -2.11. The van der Waals surface area contributed by atoms with Crippen molar-refractivity contribution in [1.29, 1.82) is 0 Å². The van der Waals surface area contributed by atoms with Crippen molar-refractivity contribution >= 4 is 5.97 Å². The Morgan fingerprint density at radius 3 is 2.60 bits per heavy atom. The fourth-order valence-electron chi connectivity index (χ4n) is 1.87. The third kappa shape index (κ3) is 2.57. The van der Waals surface area contributed by atoms with E-state index in [2.05, 4.69) is 0 Å². The Morgan fingerprint density at radius 1 is 1.27 bits per heavy atom. The summed E-state index contributed by atoms with van der Waals surface area (Å²) in [6.45, 7) is 0. The van der Waals surface area contributed by atoms with Crippen molar-refractivity contribution < 1.29 is 9.53 Å². The summed E-state index contributed by atoms with van der Waals surface area (Å²) in [5.74, 6) is -0.241. The van der Waals surface area contributed by atoms with Gasteiger partial charge in [-0.25, -0.2) is 4.79 Å². The average molecular weight is 205 g/mol. The van der Waals surface area contributed by atoms with Crippen molar-refractivity contribution in [3.8, 4) is 0 Å². The van der Waals surface area contributed by atoms with E-state index in [0.717, 1.165) is 19.3 Å². The van der Waals surface area contributed by atoms with Crippen molar-refractivity contribution in [2.75, 3.05) is 0 Å². The molecule has 1 aliphatic rings. The van der Waals surface area contributed by atoms with Gasteiger partial charge in [-0.05, 0) is 31.4 Å². The first-order chi connectivity index (χ1) is 7.25. The Morgan fingerprint density at radius 2 is 2.00 bits per heavy atom. The van der Waals surface area contributed by atoms with E-state index in [1.807, 2.05) is 18.2 Å². The van der Waals surface area contributed by atoms with Gasteiger partial charge in [0.1, 0.15) is 6.10 Å². The Labute approximate surface area is 89.2 Å². The number of carbonyl (C=O) groups excluding carboxylic acids is 1. The van der Waals surface area contributed by atoms with Crippen LogP contribution in [0.1, 0.15) is 29.6 Å². The van der Waals surface area contributed by atoms with Gasteiger partial charge in [0.2, 0.25) is 0 Å². The van der Waals surface area contributed by atoms with E-state index in [9.17, 15) is 4.79 Å². The van der Waals surface area contributed by atoms with E-state index >= 15 is 0 Å². The van der Waals surface area contributed by atoms with Crippen LogP contribution in [0.2, 0.25) is 0 Å². The van der Waals surface area contributed by atoms with Gasteiger partial charge in [0, 0.05) is 6.04 Å². The molecule has 15 heavy (non-hydrogen) atoms. The van der Waals surface area contributed by atoms with Gasteiger partial charge in [0.15, 0.2) is 0 Å². The van der Waals surface area contributed by atoms with Gasteiger partial charge in [-0.1, -0.05) is 18.2 Å². The Kier molecular flexibility index (Phi) is 3.02. The maximum absolute atomic E-state index is 11.6. The zero-order valence-corrected chi connectivity index (χ0v) is 8.56. The smallest absolute Gasteiger partial charge is 0.338 e. The van der Waals surface area contributed by atoms with Crippen LogP contribution >= 0.6 is 0 Å². The van der Waals surface area contributed by atoms with E-state index in [1.54, 1.807) is 12.1 Å². The zero-order chi connectivity index (χ0) is 10.7.